The Hall–Kier alpha value is -1.06. The predicted octanol–water partition coefficient (Wildman–Crippen LogP) is 3.20. The minimum Gasteiger partial charge on any atom is -0.378 e. The normalized spacial score (nSPS) is 23.0. The summed E-state index contributed by atoms with van der Waals surface area (Å²) in [5.41, 5.74) is 1.35. The Balaban J connectivity index is 1.28. The number of hydrogen-bond acceptors (Lipinski definition) is 3. The average Bonchev–Trinajstić information content (AvgIpc) is 3.19. The van der Waals surface area contributed by atoms with Gasteiger partial charge in [0.1, 0.15) is 0 Å². The highest BCUT2D eigenvalue weighted by Gasteiger charge is 2.21. The Kier molecular flexibility index (Phi) is 5.53. The van der Waals surface area contributed by atoms with Crippen LogP contribution in [0.25, 0.3) is 0 Å². The van der Waals surface area contributed by atoms with E-state index in [-0.39, 0.29) is 0 Å². The van der Waals surface area contributed by atoms with Crippen molar-refractivity contribution in [1.82, 2.24) is 5.32 Å². The fourth-order valence-corrected chi connectivity index (χ4v) is 3.48. The summed E-state index contributed by atoms with van der Waals surface area (Å²) in [5.74, 6) is 0. The van der Waals surface area contributed by atoms with Gasteiger partial charge in [0.15, 0.2) is 0 Å². The molecule has 0 spiro atoms. The second kappa shape index (κ2) is 7.81. The van der Waals surface area contributed by atoms with Crippen molar-refractivity contribution in [3.63, 3.8) is 0 Å². The van der Waals surface area contributed by atoms with Crippen LogP contribution < -0.4 is 10.2 Å². The molecule has 2 aliphatic rings. The molecule has 3 rings (SSSR count). The first-order valence-electron chi connectivity index (χ1n) is 8.57. The predicted molar refractivity (Wildman–Crippen MR) is 87.9 cm³/mol. The summed E-state index contributed by atoms with van der Waals surface area (Å²) >= 11 is 0. The number of hydrogen-bond donors (Lipinski definition) is 1. The van der Waals surface area contributed by atoms with Crippen molar-refractivity contribution in [2.24, 2.45) is 0 Å². The summed E-state index contributed by atoms with van der Waals surface area (Å²) in [6, 6.07) is 11.4. The summed E-state index contributed by atoms with van der Waals surface area (Å²) in [7, 11) is 0. The van der Waals surface area contributed by atoms with Gasteiger partial charge in [0.25, 0.3) is 0 Å². The number of benzene rings is 1. The highest BCUT2D eigenvalue weighted by atomic mass is 16.5. The van der Waals surface area contributed by atoms with Gasteiger partial charge in [0.2, 0.25) is 0 Å². The lowest BCUT2D eigenvalue weighted by molar-refractivity contribution is 0.0566. The van der Waals surface area contributed by atoms with Crippen LogP contribution in [-0.4, -0.2) is 38.4 Å². The van der Waals surface area contributed by atoms with E-state index in [4.69, 9.17) is 4.74 Å². The second-order valence-corrected chi connectivity index (χ2v) is 6.35. The zero-order valence-corrected chi connectivity index (χ0v) is 13.0. The van der Waals surface area contributed by atoms with Crippen LogP contribution in [0.4, 0.5) is 5.69 Å². The minimum absolute atomic E-state index is 0.560. The standard InChI is InChI=1S/C18H28N2O/c1-2-7-17(8-3-1)20-13-11-16(15-20)19-12-6-14-21-18-9-4-5-10-18/h1-3,7-8,16,18-19H,4-6,9-15H2/t16-/m0/s1. The lowest BCUT2D eigenvalue weighted by Crippen LogP contribution is -2.33. The van der Waals surface area contributed by atoms with E-state index < -0.39 is 0 Å². The molecule has 116 valence electrons. The molecule has 1 aliphatic heterocycles. The van der Waals surface area contributed by atoms with E-state index in [2.05, 4.69) is 40.5 Å². The highest BCUT2D eigenvalue weighted by Crippen LogP contribution is 2.21. The minimum atomic E-state index is 0.560. The molecular weight excluding hydrogens is 260 g/mol. The molecule has 1 N–H and O–H groups in total. The maximum Gasteiger partial charge on any atom is 0.0575 e. The Morgan fingerprint density at radius 1 is 1.10 bits per heavy atom. The van der Waals surface area contributed by atoms with E-state index >= 15 is 0 Å². The Morgan fingerprint density at radius 3 is 2.71 bits per heavy atom. The Morgan fingerprint density at radius 2 is 1.90 bits per heavy atom. The van der Waals surface area contributed by atoms with Crippen molar-refractivity contribution in [2.45, 2.75) is 50.7 Å². The molecule has 3 heteroatoms. The van der Waals surface area contributed by atoms with Crippen LogP contribution in [0.3, 0.4) is 0 Å². The second-order valence-electron chi connectivity index (χ2n) is 6.35. The Bertz CT molecular complexity index is 403. The van der Waals surface area contributed by atoms with E-state index in [9.17, 15) is 0 Å². The number of ether oxygens (including phenoxy) is 1. The molecule has 1 aliphatic carbocycles. The molecule has 0 bridgehead atoms. The molecule has 2 fully saturated rings. The van der Waals surface area contributed by atoms with Crippen molar-refractivity contribution >= 4 is 5.69 Å². The molecule has 1 saturated heterocycles. The SMILES string of the molecule is c1ccc(N2CC[C@H](NCCCOC3CCCC3)C2)cc1. The summed E-state index contributed by atoms with van der Waals surface area (Å²) in [6.07, 6.45) is 8.23. The molecule has 1 saturated carbocycles. The van der Waals surface area contributed by atoms with Gasteiger partial charge >= 0.3 is 0 Å². The number of anilines is 1. The quantitative estimate of drug-likeness (QED) is 0.780. The fourth-order valence-electron chi connectivity index (χ4n) is 3.48. The van der Waals surface area contributed by atoms with Crippen LogP contribution in [0.1, 0.15) is 38.5 Å². The van der Waals surface area contributed by atoms with Crippen LogP contribution >= 0.6 is 0 Å². The van der Waals surface area contributed by atoms with Crippen LogP contribution in [0.2, 0.25) is 0 Å². The third-order valence-corrected chi connectivity index (χ3v) is 4.72. The van der Waals surface area contributed by atoms with E-state index in [1.807, 2.05) is 0 Å². The van der Waals surface area contributed by atoms with Crippen molar-refractivity contribution in [1.29, 1.82) is 0 Å². The zero-order chi connectivity index (χ0) is 14.3. The number of nitrogens with zero attached hydrogens (tertiary/aromatic N) is 1. The molecule has 1 aromatic carbocycles. The molecule has 0 amide bonds. The summed E-state index contributed by atoms with van der Waals surface area (Å²) in [6.45, 7) is 4.31. The zero-order valence-electron chi connectivity index (χ0n) is 13.0. The van der Waals surface area contributed by atoms with Gasteiger partial charge in [0.05, 0.1) is 6.10 Å². The molecule has 3 nitrogen and oxygen atoms in total. The molecule has 0 aromatic heterocycles. The molecule has 21 heavy (non-hydrogen) atoms. The third-order valence-electron chi connectivity index (χ3n) is 4.72. The maximum atomic E-state index is 5.91. The molecule has 1 atom stereocenters. The average molecular weight is 288 g/mol. The summed E-state index contributed by atoms with van der Waals surface area (Å²) < 4.78 is 5.91. The van der Waals surface area contributed by atoms with Crippen molar-refractivity contribution in [3.05, 3.63) is 30.3 Å². The van der Waals surface area contributed by atoms with Gasteiger partial charge in [-0.05, 0) is 44.4 Å². The van der Waals surface area contributed by atoms with Gasteiger partial charge < -0.3 is 15.0 Å². The smallest absolute Gasteiger partial charge is 0.0575 e. The third kappa shape index (κ3) is 4.45. The van der Waals surface area contributed by atoms with Crippen LogP contribution in [0.5, 0.6) is 0 Å². The topological polar surface area (TPSA) is 24.5 Å². The molecular formula is C18H28N2O. The van der Waals surface area contributed by atoms with Gasteiger partial charge in [-0.15, -0.1) is 0 Å². The fraction of sp³-hybridized carbons (Fsp3) is 0.667. The van der Waals surface area contributed by atoms with Crippen LogP contribution in [0.15, 0.2) is 30.3 Å². The van der Waals surface area contributed by atoms with E-state index in [1.165, 1.54) is 44.3 Å². The van der Waals surface area contributed by atoms with Crippen LogP contribution in [0, 0.1) is 0 Å². The van der Waals surface area contributed by atoms with Gasteiger partial charge in [0, 0.05) is 31.4 Å². The monoisotopic (exact) mass is 288 g/mol. The number of nitrogens with one attached hydrogen (secondary N) is 1. The molecule has 0 unspecified atom stereocenters. The first kappa shape index (κ1) is 14.9. The van der Waals surface area contributed by atoms with Crippen molar-refractivity contribution in [3.8, 4) is 0 Å². The summed E-state index contributed by atoms with van der Waals surface area (Å²) in [4.78, 5) is 2.48. The van der Waals surface area contributed by atoms with Gasteiger partial charge in [-0.1, -0.05) is 31.0 Å². The van der Waals surface area contributed by atoms with E-state index in [0.29, 0.717) is 12.1 Å². The highest BCUT2D eigenvalue weighted by molar-refractivity contribution is 5.47. The lowest BCUT2D eigenvalue weighted by atomic mass is 10.2. The van der Waals surface area contributed by atoms with Gasteiger partial charge in [-0.25, -0.2) is 0 Å². The number of rotatable bonds is 7. The maximum absolute atomic E-state index is 5.91. The van der Waals surface area contributed by atoms with E-state index in [0.717, 1.165) is 26.1 Å². The first-order valence-corrected chi connectivity index (χ1v) is 8.57. The Labute approximate surface area is 128 Å². The van der Waals surface area contributed by atoms with Crippen molar-refractivity contribution in [2.75, 3.05) is 31.1 Å². The lowest BCUT2D eigenvalue weighted by Gasteiger charge is -2.19. The number of para-hydroxylation sites is 1. The largest absolute Gasteiger partial charge is 0.378 e. The molecule has 0 radical (unpaired) electrons. The first-order chi connectivity index (χ1) is 10.4. The van der Waals surface area contributed by atoms with Gasteiger partial charge in [-0.2, -0.15) is 0 Å². The van der Waals surface area contributed by atoms with E-state index in [1.54, 1.807) is 0 Å². The van der Waals surface area contributed by atoms with Crippen molar-refractivity contribution < 1.29 is 4.74 Å². The molecule has 1 heterocycles. The summed E-state index contributed by atoms with van der Waals surface area (Å²) in [5, 5.41) is 3.69. The van der Waals surface area contributed by atoms with Gasteiger partial charge in [-0.3, -0.25) is 0 Å². The molecule has 1 aromatic rings. The van der Waals surface area contributed by atoms with Crippen LogP contribution in [-0.2, 0) is 4.74 Å².